The van der Waals surface area contributed by atoms with Gasteiger partial charge in [0.05, 0.1) is 12.7 Å². The molecular formula is C10H16F2N2O. The van der Waals surface area contributed by atoms with Gasteiger partial charge in [-0.2, -0.15) is 5.26 Å². The number of nitrogens with zero attached hydrogens (tertiary/aromatic N) is 1. The summed E-state index contributed by atoms with van der Waals surface area (Å²) in [6.07, 6.45) is -0.529. The summed E-state index contributed by atoms with van der Waals surface area (Å²) < 4.78 is 28.6. The minimum Gasteiger partial charge on any atom is -0.372 e. The second kappa shape index (κ2) is 5.38. The van der Waals surface area contributed by atoms with Crippen LogP contribution in [0.1, 0.15) is 19.8 Å². The fourth-order valence-electron chi connectivity index (χ4n) is 1.68. The smallest absolute Gasteiger partial charge is 0.261 e. The molecule has 0 radical (unpaired) electrons. The zero-order valence-electron chi connectivity index (χ0n) is 8.80. The molecule has 1 unspecified atom stereocenters. The first kappa shape index (κ1) is 12.3. The van der Waals surface area contributed by atoms with Gasteiger partial charge in [0, 0.05) is 0 Å². The number of likely N-dealkylation sites (N-methyl/N-ethyl adjacent to an activating group) is 1. The maximum absolute atomic E-state index is 11.9. The van der Waals surface area contributed by atoms with E-state index in [0.29, 0.717) is 6.54 Å². The Bertz CT molecular complexity index is 238. The predicted octanol–water partition coefficient (Wildman–Crippen LogP) is 1.55. The number of rotatable bonds is 7. The first-order valence-electron chi connectivity index (χ1n) is 5.17. The van der Waals surface area contributed by atoms with Gasteiger partial charge in [-0.3, -0.25) is 5.32 Å². The predicted molar refractivity (Wildman–Crippen MR) is 51.6 cm³/mol. The van der Waals surface area contributed by atoms with Gasteiger partial charge in [0.25, 0.3) is 6.43 Å². The maximum Gasteiger partial charge on any atom is 0.261 e. The van der Waals surface area contributed by atoms with Crippen molar-refractivity contribution in [3.63, 3.8) is 0 Å². The second-order valence-electron chi connectivity index (χ2n) is 3.79. The van der Waals surface area contributed by atoms with Crippen LogP contribution < -0.4 is 5.32 Å². The van der Waals surface area contributed by atoms with Crippen LogP contribution in [0, 0.1) is 17.2 Å². The van der Waals surface area contributed by atoms with E-state index in [0.717, 1.165) is 12.8 Å². The number of nitriles is 1. The molecule has 1 atom stereocenters. The lowest BCUT2D eigenvalue weighted by atomic mass is 9.96. The topological polar surface area (TPSA) is 45.0 Å². The Kier molecular flexibility index (Phi) is 4.43. The van der Waals surface area contributed by atoms with Crippen molar-refractivity contribution >= 4 is 0 Å². The minimum atomic E-state index is -2.47. The Balaban J connectivity index is 2.45. The molecule has 0 aromatic carbocycles. The monoisotopic (exact) mass is 218 g/mol. The largest absolute Gasteiger partial charge is 0.372 e. The van der Waals surface area contributed by atoms with Crippen molar-refractivity contribution in [2.75, 3.05) is 19.8 Å². The van der Waals surface area contributed by atoms with Crippen LogP contribution in [0.4, 0.5) is 8.78 Å². The Morgan fingerprint density at radius 2 is 2.27 bits per heavy atom. The highest BCUT2D eigenvalue weighted by atomic mass is 19.3. The molecule has 1 N–H and O–H groups in total. The van der Waals surface area contributed by atoms with Gasteiger partial charge in [-0.15, -0.1) is 0 Å². The first-order chi connectivity index (χ1) is 7.14. The summed E-state index contributed by atoms with van der Waals surface area (Å²) in [6.45, 7) is 1.98. The van der Waals surface area contributed by atoms with Crippen molar-refractivity contribution in [2.45, 2.75) is 31.7 Å². The summed E-state index contributed by atoms with van der Waals surface area (Å²) in [7, 11) is 0. The van der Waals surface area contributed by atoms with E-state index in [1.165, 1.54) is 0 Å². The van der Waals surface area contributed by atoms with Crippen LogP contribution in [-0.2, 0) is 4.74 Å². The summed E-state index contributed by atoms with van der Waals surface area (Å²) in [4.78, 5) is 0. The molecule has 0 amide bonds. The van der Waals surface area contributed by atoms with Gasteiger partial charge in [-0.05, 0) is 25.3 Å². The quantitative estimate of drug-likeness (QED) is 0.705. The van der Waals surface area contributed by atoms with Crippen LogP contribution >= 0.6 is 0 Å². The molecule has 5 heteroatoms. The normalized spacial score (nSPS) is 19.9. The Morgan fingerprint density at radius 3 is 2.67 bits per heavy atom. The van der Waals surface area contributed by atoms with Gasteiger partial charge in [0.2, 0.25) is 0 Å². The zero-order valence-corrected chi connectivity index (χ0v) is 8.80. The minimum absolute atomic E-state index is 0.0480. The van der Waals surface area contributed by atoms with E-state index >= 15 is 0 Å². The summed E-state index contributed by atoms with van der Waals surface area (Å²) in [5.74, 6) is 0.250. The molecule has 1 fully saturated rings. The molecular weight excluding hydrogens is 202 g/mol. The Labute approximate surface area is 88.4 Å². The molecule has 1 aliphatic carbocycles. The average Bonchev–Trinajstić information content (AvgIpc) is 2.99. The van der Waals surface area contributed by atoms with Crippen LogP contribution in [0.15, 0.2) is 0 Å². The highest BCUT2D eigenvalue weighted by Gasteiger charge is 2.45. The molecule has 3 nitrogen and oxygen atoms in total. The average molecular weight is 218 g/mol. The van der Waals surface area contributed by atoms with Crippen molar-refractivity contribution in [1.29, 1.82) is 5.26 Å². The summed E-state index contributed by atoms with van der Waals surface area (Å²) in [6, 6.07) is 2.17. The van der Waals surface area contributed by atoms with Crippen LogP contribution in [0.3, 0.4) is 0 Å². The second-order valence-corrected chi connectivity index (χ2v) is 3.79. The van der Waals surface area contributed by atoms with Crippen molar-refractivity contribution < 1.29 is 13.5 Å². The summed E-state index contributed by atoms with van der Waals surface area (Å²) >= 11 is 0. The maximum atomic E-state index is 11.9. The third kappa shape index (κ3) is 3.40. The van der Waals surface area contributed by atoms with Gasteiger partial charge < -0.3 is 4.74 Å². The number of hydrogen-bond donors (Lipinski definition) is 1. The first-order valence-corrected chi connectivity index (χ1v) is 5.17. The molecule has 0 heterocycles. The number of nitrogens with one attached hydrogen (secondary N) is 1. The molecule has 15 heavy (non-hydrogen) atoms. The van der Waals surface area contributed by atoms with Gasteiger partial charge in [0.15, 0.2) is 0 Å². The van der Waals surface area contributed by atoms with Crippen molar-refractivity contribution in [3.8, 4) is 6.07 Å². The lowest BCUT2D eigenvalue weighted by molar-refractivity contribution is -0.00236. The molecule has 0 spiro atoms. The number of halogens is 2. The molecule has 1 rings (SSSR count). The SMILES string of the molecule is CCNC(C#N)(COCC(F)F)C1CC1. The third-order valence-corrected chi connectivity index (χ3v) is 2.54. The highest BCUT2D eigenvalue weighted by Crippen LogP contribution is 2.39. The van der Waals surface area contributed by atoms with Gasteiger partial charge in [0.1, 0.15) is 12.1 Å². The van der Waals surface area contributed by atoms with Gasteiger partial charge >= 0.3 is 0 Å². The molecule has 0 aliphatic heterocycles. The van der Waals surface area contributed by atoms with Crippen LogP contribution in [0.5, 0.6) is 0 Å². The number of hydrogen-bond acceptors (Lipinski definition) is 3. The van der Waals surface area contributed by atoms with Crippen LogP contribution in [0.25, 0.3) is 0 Å². The van der Waals surface area contributed by atoms with Gasteiger partial charge in [-0.1, -0.05) is 6.92 Å². The zero-order chi connectivity index (χ0) is 11.3. The van der Waals surface area contributed by atoms with Crippen molar-refractivity contribution in [1.82, 2.24) is 5.32 Å². The highest BCUT2D eigenvalue weighted by molar-refractivity contribution is 5.15. The number of alkyl halides is 2. The van der Waals surface area contributed by atoms with E-state index in [1.807, 2.05) is 6.92 Å². The standard InChI is InChI=1S/C10H16F2N2O/c1-2-14-10(6-13,8-3-4-8)7-15-5-9(11)12/h8-9,14H,2-5,7H2,1H3. The molecule has 1 saturated carbocycles. The fourth-order valence-corrected chi connectivity index (χ4v) is 1.68. The summed E-state index contributed by atoms with van der Waals surface area (Å²) in [5.41, 5.74) is -0.760. The number of ether oxygens (including phenoxy) is 1. The van der Waals surface area contributed by atoms with Crippen LogP contribution in [0.2, 0.25) is 0 Å². The lowest BCUT2D eigenvalue weighted by Gasteiger charge is -2.27. The molecule has 0 aromatic rings. The van der Waals surface area contributed by atoms with E-state index in [1.54, 1.807) is 0 Å². The van der Waals surface area contributed by atoms with E-state index in [2.05, 4.69) is 11.4 Å². The van der Waals surface area contributed by atoms with E-state index < -0.39 is 18.6 Å². The molecule has 86 valence electrons. The van der Waals surface area contributed by atoms with Gasteiger partial charge in [-0.25, -0.2) is 8.78 Å². The molecule has 0 aromatic heterocycles. The Hall–Kier alpha value is -0.730. The van der Waals surface area contributed by atoms with E-state index in [4.69, 9.17) is 10.00 Å². The third-order valence-electron chi connectivity index (χ3n) is 2.54. The molecule has 1 aliphatic rings. The van der Waals surface area contributed by atoms with E-state index in [9.17, 15) is 8.78 Å². The fraction of sp³-hybridized carbons (Fsp3) is 0.900. The lowest BCUT2D eigenvalue weighted by Crippen LogP contribution is -2.50. The summed E-state index contributed by atoms with van der Waals surface area (Å²) in [5, 5.41) is 12.2. The Morgan fingerprint density at radius 1 is 1.60 bits per heavy atom. The van der Waals surface area contributed by atoms with Crippen molar-refractivity contribution in [2.24, 2.45) is 5.92 Å². The van der Waals surface area contributed by atoms with Crippen LogP contribution in [-0.4, -0.2) is 31.7 Å². The van der Waals surface area contributed by atoms with Crippen molar-refractivity contribution in [3.05, 3.63) is 0 Å². The van der Waals surface area contributed by atoms with E-state index in [-0.39, 0.29) is 12.5 Å². The molecule has 0 bridgehead atoms. The molecule has 0 saturated heterocycles.